The van der Waals surface area contributed by atoms with Crippen LogP contribution in [0.1, 0.15) is 87.3 Å². The van der Waals surface area contributed by atoms with Crippen molar-refractivity contribution in [3.8, 4) is 33.8 Å². The Labute approximate surface area is 338 Å². The molecule has 0 bridgehead atoms. The van der Waals surface area contributed by atoms with Gasteiger partial charge in [0.25, 0.3) is 33.7 Å². The van der Waals surface area contributed by atoms with E-state index < -0.39 is 39.1 Å². The van der Waals surface area contributed by atoms with Crippen LogP contribution in [-0.4, -0.2) is 49.9 Å². The van der Waals surface area contributed by atoms with E-state index in [2.05, 4.69) is 4.72 Å². The Bertz CT molecular complexity index is 3150. The zero-order valence-corrected chi connectivity index (χ0v) is 33.2. The first-order valence-electron chi connectivity index (χ1n) is 18.8. The molecule has 6 aromatic rings. The van der Waals surface area contributed by atoms with Crippen LogP contribution in [0.15, 0.2) is 108 Å². The molecule has 0 saturated heterocycles. The van der Waals surface area contributed by atoms with Crippen molar-refractivity contribution >= 4 is 45.2 Å². The minimum absolute atomic E-state index is 0.0805. The molecule has 59 heavy (non-hydrogen) atoms. The van der Waals surface area contributed by atoms with E-state index in [0.717, 1.165) is 50.1 Å². The fourth-order valence-corrected chi connectivity index (χ4v) is 10.3. The number of fused-ring (bicyclic) bond motifs is 11. The number of aryl methyl sites for hydroxylation is 1. The predicted molar refractivity (Wildman–Crippen MR) is 218 cm³/mol. The van der Waals surface area contributed by atoms with Crippen molar-refractivity contribution in [2.45, 2.75) is 38.0 Å². The van der Waals surface area contributed by atoms with Gasteiger partial charge in [0.15, 0.2) is 0 Å². The van der Waals surface area contributed by atoms with Crippen molar-refractivity contribution in [2.75, 3.05) is 11.9 Å². The average Bonchev–Trinajstić information content (AvgIpc) is 3.73. The summed E-state index contributed by atoms with van der Waals surface area (Å²) in [6, 6.07) is 30.2. The molecule has 4 aliphatic rings. The van der Waals surface area contributed by atoms with Gasteiger partial charge >= 0.3 is 0 Å². The van der Waals surface area contributed by atoms with Gasteiger partial charge in [-0.2, -0.15) is 0 Å². The number of ether oxygens (including phenoxy) is 1. The lowest BCUT2D eigenvalue weighted by Gasteiger charge is -2.41. The Morgan fingerprint density at radius 1 is 0.593 bits per heavy atom. The monoisotopic (exact) mass is 799 g/mol. The molecule has 1 unspecified atom stereocenters. The van der Waals surface area contributed by atoms with Crippen LogP contribution in [0, 0.1) is 20.8 Å². The fourth-order valence-electron chi connectivity index (χ4n) is 9.25. The Morgan fingerprint density at radius 2 is 1.15 bits per heavy atom. The van der Waals surface area contributed by atoms with Gasteiger partial charge in [-0.15, -0.1) is 0 Å². The Kier molecular flexibility index (Phi) is 7.46. The molecule has 11 nitrogen and oxygen atoms in total. The zero-order valence-electron chi connectivity index (χ0n) is 32.4. The smallest absolute Gasteiger partial charge is 0.266 e. The SMILES string of the molecule is CC(=O)NS(=O)(=O)c1ccc2c(c1)C1(c3ccccc3-2)c2ccc(C)c(C)c2Oc2c1ccc(N1C(=O)c3ccc(-c4ccc5c(c4)C(=O)N(C)C5=O)cc3C1=O)c2C. The molecule has 3 heterocycles. The Hall–Kier alpha value is -7.18. The van der Waals surface area contributed by atoms with Gasteiger partial charge in [-0.05, 0) is 108 Å². The molecule has 10 rings (SSSR count). The zero-order chi connectivity index (χ0) is 41.4. The molecule has 12 heteroatoms. The molecule has 1 aliphatic carbocycles. The molecule has 0 fully saturated rings. The first-order chi connectivity index (χ1) is 28.1. The number of rotatable bonds is 4. The summed E-state index contributed by atoms with van der Waals surface area (Å²) < 4.78 is 36.0. The third kappa shape index (κ3) is 4.74. The second-order valence-electron chi connectivity index (χ2n) is 15.4. The number of carbonyl (C=O) groups is 5. The van der Waals surface area contributed by atoms with Crippen LogP contribution in [0.5, 0.6) is 11.5 Å². The van der Waals surface area contributed by atoms with E-state index in [4.69, 9.17) is 4.74 Å². The number of nitrogens with one attached hydrogen (secondary N) is 1. The number of anilines is 1. The lowest BCUT2D eigenvalue weighted by atomic mass is 9.65. The summed E-state index contributed by atoms with van der Waals surface area (Å²) in [4.78, 5) is 68.0. The van der Waals surface area contributed by atoms with Crippen LogP contribution < -0.4 is 14.4 Å². The van der Waals surface area contributed by atoms with Gasteiger partial charge in [0.2, 0.25) is 5.91 Å². The molecule has 1 atom stereocenters. The number of benzene rings is 6. The van der Waals surface area contributed by atoms with E-state index in [-0.39, 0.29) is 27.5 Å². The first kappa shape index (κ1) is 36.2. The van der Waals surface area contributed by atoms with Crippen LogP contribution in [0.4, 0.5) is 5.69 Å². The van der Waals surface area contributed by atoms with Crippen molar-refractivity contribution < 1.29 is 37.1 Å². The highest BCUT2D eigenvalue weighted by molar-refractivity contribution is 7.90. The van der Waals surface area contributed by atoms with Gasteiger partial charge in [0.05, 0.1) is 38.3 Å². The van der Waals surface area contributed by atoms with Crippen LogP contribution in [0.3, 0.4) is 0 Å². The maximum atomic E-state index is 14.4. The number of sulfonamides is 1. The maximum absolute atomic E-state index is 14.4. The van der Waals surface area contributed by atoms with Crippen molar-refractivity contribution in [3.05, 3.63) is 164 Å². The van der Waals surface area contributed by atoms with E-state index in [9.17, 15) is 32.4 Å². The van der Waals surface area contributed by atoms with Gasteiger partial charge in [0, 0.05) is 30.7 Å². The molecule has 0 radical (unpaired) electrons. The molecule has 1 spiro atoms. The number of amides is 5. The highest BCUT2D eigenvalue weighted by Crippen LogP contribution is 2.64. The molecule has 1 N–H and O–H groups in total. The third-order valence-corrected chi connectivity index (χ3v) is 13.7. The topological polar surface area (TPSA) is 147 Å². The predicted octanol–water partition coefficient (Wildman–Crippen LogP) is 7.60. The summed E-state index contributed by atoms with van der Waals surface area (Å²) >= 11 is 0. The molecule has 0 saturated carbocycles. The minimum Gasteiger partial charge on any atom is -0.456 e. The summed E-state index contributed by atoms with van der Waals surface area (Å²) in [6.07, 6.45) is 0. The molecule has 0 aromatic heterocycles. The van der Waals surface area contributed by atoms with Gasteiger partial charge in [-0.25, -0.2) is 18.0 Å². The summed E-state index contributed by atoms with van der Waals surface area (Å²) in [6.45, 7) is 6.88. The molecular weight excluding hydrogens is 767 g/mol. The first-order valence-corrected chi connectivity index (χ1v) is 20.3. The van der Waals surface area contributed by atoms with Crippen LogP contribution >= 0.6 is 0 Å². The molecule has 290 valence electrons. The normalized spacial score (nSPS) is 17.0. The Morgan fingerprint density at radius 3 is 1.85 bits per heavy atom. The van der Waals surface area contributed by atoms with Crippen molar-refractivity contribution in [1.82, 2.24) is 9.62 Å². The van der Waals surface area contributed by atoms with Crippen LogP contribution in [0.25, 0.3) is 22.3 Å². The highest BCUT2D eigenvalue weighted by atomic mass is 32.2. The summed E-state index contributed by atoms with van der Waals surface area (Å²) in [7, 11) is -2.80. The van der Waals surface area contributed by atoms with E-state index in [1.807, 2.05) is 56.3 Å². The maximum Gasteiger partial charge on any atom is 0.266 e. The number of hydrogen-bond donors (Lipinski definition) is 1. The molecular formula is C47H33N3O8S. The van der Waals surface area contributed by atoms with Crippen LogP contribution in [-0.2, 0) is 20.2 Å². The molecule has 6 aromatic carbocycles. The number of carbonyl (C=O) groups excluding carboxylic acids is 5. The average molecular weight is 800 g/mol. The van der Waals surface area contributed by atoms with E-state index in [1.165, 1.54) is 13.1 Å². The highest BCUT2D eigenvalue weighted by Gasteiger charge is 2.53. The second kappa shape index (κ2) is 12.2. The van der Waals surface area contributed by atoms with Gasteiger partial charge in [0.1, 0.15) is 11.5 Å². The molecule has 5 amide bonds. The standard InChI is InChI=1S/C47H33N3O8S/c1-23-10-17-37-41(24(23)2)58-42-25(3)40(50-45(54)33-15-12-28(21-35(33)46(50)55)27-11-14-32-34(20-27)44(53)49(5)43(32)52)19-18-38(42)47(37)36-9-7-6-8-30(36)31-16-13-29(22-39(31)47)59(56,57)48-26(4)51/h6-22H,1-5H3,(H,48,51). The third-order valence-electron chi connectivity index (χ3n) is 12.2. The largest absolute Gasteiger partial charge is 0.456 e. The quantitative estimate of drug-likeness (QED) is 0.179. The number of nitrogens with zero attached hydrogens (tertiary/aromatic N) is 2. The fraction of sp³-hybridized carbons (Fsp3) is 0.128. The Balaban J connectivity index is 1.14. The summed E-state index contributed by atoms with van der Waals surface area (Å²) in [5.41, 5.74) is 8.48. The van der Waals surface area contributed by atoms with E-state index in [0.29, 0.717) is 50.6 Å². The summed E-state index contributed by atoms with van der Waals surface area (Å²) in [5.74, 6) is -1.57. The van der Waals surface area contributed by atoms with Gasteiger partial charge < -0.3 is 4.74 Å². The summed E-state index contributed by atoms with van der Waals surface area (Å²) in [5, 5.41) is 0. The lowest BCUT2D eigenvalue weighted by molar-refractivity contribution is -0.117. The van der Waals surface area contributed by atoms with E-state index in [1.54, 1.807) is 61.5 Å². The second-order valence-corrected chi connectivity index (χ2v) is 17.1. The van der Waals surface area contributed by atoms with Crippen molar-refractivity contribution in [2.24, 2.45) is 0 Å². The lowest BCUT2D eigenvalue weighted by Crippen LogP contribution is -2.35. The van der Waals surface area contributed by atoms with E-state index >= 15 is 0 Å². The molecule has 3 aliphatic heterocycles. The van der Waals surface area contributed by atoms with Crippen LogP contribution in [0.2, 0.25) is 0 Å². The van der Waals surface area contributed by atoms with Crippen molar-refractivity contribution in [1.29, 1.82) is 0 Å². The number of hydrogen-bond acceptors (Lipinski definition) is 8. The van der Waals surface area contributed by atoms with Gasteiger partial charge in [-0.1, -0.05) is 60.7 Å². The number of imide groups is 2. The van der Waals surface area contributed by atoms with Gasteiger partial charge in [-0.3, -0.25) is 28.9 Å². The minimum atomic E-state index is -4.23. The van der Waals surface area contributed by atoms with Crippen molar-refractivity contribution in [3.63, 3.8) is 0 Å².